The number of para-hydroxylation sites is 1. The van der Waals surface area contributed by atoms with Gasteiger partial charge in [0.1, 0.15) is 5.82 Å². The van der Waals surface area contributed by atoms with Crippen LogP contribution in [0.25, 0.3) is 0 Å². The molecule has 0 radical (unpaired) electrons. The zero-order valence-electron chi connectivity index (χ0n) is 11.6. The standard InChI is InChI=1S/C16H21FN2/c1-13(2)19(16-10-6-5-9-15(16)17)12-14-8-4-3-7-11-18-14/h5-11,13,18H,3-4,12H2,1-2H3. The van der Waals surface area contributed by atoms with Gasteiger partial charge >= 0.3 is 0 Å². The maximum Gasteiger partial charge on any atom is 0.146 e. The minimum Gasteiger partial charge on any atom is -0.364 e. The summed E-state index contributed by atoms with van der Waals surface area (Å²) in [6.45, 7) is 4.86. The van der Waals surface area contributed by atoms with Crippen LogP contribution in [0.3, 0.4) is 0 Å². The van der Waals surface area contributed by atoms with Gasteiger partial charge in [-0.2, -0.15) is 0 Å². The van der Waals surface area contributed by atoms with Crippen molar-refractivity contribution in [1.29, 1.82) is 0 Å². The fourth-order valence-corrected chi connectivity index (χ4v) is 2.19. The van der Waals surface area contributed by atoms with Crippen molar-refractivity contribution in [2.45, 2.75) is 32.7 Å². The van der Waals surface area contributed by atoms with Crippen LogP contribution in [0.15, 0.2) is 48.3 Å². The maximum absolute atomic E-state index is 13.9. The topological polar surface area (TPSA) is 15.3 Å². The third kappa shape index (κ3) is 3.60. The lowest BCUT2D eigenvalue weighted by Crippen LogP contribution is -2.35. The Morgan fingerprint density at radius 1 is 1.26 bits per heavy atom. The lowest BCUT2D eigenvalue weighted by molar-refractivity contribution is 0.604. The summed E-state index contributed by atoms with van der Waals surface area (Å²) in [5, 5.41) is 3.27. The van der Waals surface area contributed by atoms with E-state index in [9.17, 15) is 4.39 Å². The summed E-state index contributed by atoms with van der Waals surface area (Å²) in [5.74, 6) is -0.166. The van der Waals surface area contributed by atoms with E-state index in [4.69, 9.17) is 0 Å². The largest absolute Gasteiger partial charge is 0.364 e. The highest BCUT2D eigenvalue weighted by atomic mass is 19.1. The van der Waals surface area contributed by atoms with Crippen molar-refractivity contribution in [2.75, 3.05) is 11.4 Å². The van der Waals surface area contributed by atoms with Crippen LogP contribution in [0.5, 0.6) is 0 Å². The molecule has 2 nitrogen and oxygen atoms in total. The Morgan fingerprint density at radius 3 is 2.79 bits per heavy atom. The van der Waals surface area contributed by atoms with Crippen molar-refractivity contribution in [3.05, 3.63) is 54.1 Å². The molecule has 0 spiro atoms. The molecule has 0 amide bonds. The van der Waals surface area contributed by atoms with Crippen molar-refractivity contribution < 1.29 is 4.39 Å². The van der Waals surface area contributed by atoms with E-state index in [1.54, 1.807) is 6.07 Å². The summed E-state index contributed by atoms with van der Waals surface area (Å²) >= 11 is 0. The summed E-state index contributed by atoms with van der Waals surface area (Å²) in [5.41, 5.74) is 1.79. The first-order chi connectivity index (χ1) is 9.18. The first-order valence-electron chi connectivity index (χ1n) is 6.80. The van der Waals surface area contributed by atoms with E-state index < -0.39 is 0 Å². The third-order valence-electron chi connectivity index (χ3n) is 3.24. The van der Waals surface area contributed by atoms with Gasteiger partial charge in [-0.25, -0.2) is 4.39 Å². The minimum absolute atomic E-state index is 0.166. The Morgan fingerprint density at radius 2 is 2.05 bits per heavy atom. The minimum atomic E-state index is -0.166. The van der Waals surface area contributed by atoms with Crippen molar-refractivity contribution in [2.24, 2.45) is 0 Å². The van der Waals surface area contributed by atoms with Gasteiger partial charge < -0.3 is 10.2 Å². The molecule has 102 valence electrons. The highest BCUT2D eigenvalue weighted by Gasteiger charge is 2.15. The van der Waals surface area contributed by atoms with E-state index in [1.165, 1.54) is 6.07 Å². The number of allylic oxidation sites excluding steroid dienone is 2. The molecule has 0 saturated carbocycles. The molecule has 0 bridgehead atoms. The van der Waals surface area contributed by atoms with Crippen LogP contribution >= 0.6 is 0 Å². The Hall–Kier alpha value is -1.77. The normalized spacial score (nSPS) is 14.8. The van der Waals surface area contributed by atoms with Crippen LogP contribution < -0.4 is 10.2 Å². The fraction of sp³-hybridized carbons (Fsp3) is 0.375. The van der Waals surface area contributed by atoms with E-state index in [0.717, 1.165) is 18.5 Å². The summed E-state index contributed by atoms with van der Waals surface area (Å²) < 4.78 is 13.9. The van der Waals surface area contributed by atoms with Gasteiger partial charge in [-0.15, -0.1) is 0 Å². The molecule has 1 aliphatic rings. The van der Waals surface area contributed by atoms with E-state index >= 15 is 0 Å². The molecule has 0 aromatic heterocycles. The van der Waals surface area contributed by atoms with Crippen molar-refractivity contribution in [3.8, 4) is 0 Å². The van der Waals surface area contributed by atoms with Crippen LogP contribution in [0, 0.1) is 5.82 Å². The molecule has 1 heterocycles. The molecular formula is C16H21FN2. The molecule has 3 heteroatoms. The van der Waals surface area contributed by atoms with E-state index in [2.05, 4.69) is 36.2 Å². The van der Waals surface area contributed by atoms with Gasteiger partial charge in [-0.05, 0) is 45.0 Å². The summed E-state index contributed by atoms with van der Waals surface area (Å²) in [6.07, 6.45) is 8.36. The second-order valence-corrected chi connectivity index (χ2v) is 5.03. The van der Waals surface area contributed by atoms with Crippen molar-refractivity contribution in [3.63, 3.8) is 0 Å². The quantitative estimate of drug-likeness (QED) is 0.885. The van der Waals surface area contributed by atoms with Gasteiger partial charge in [-0.3, -0.25) is 0 Å². The Bertz CT molecular complexity index is 477. The zero-order chi connectivity index (χ0) is 13.7. The van der Waals surface area contributed by atoms with Crippen LogP contribution in [0.2, 0.25) is 0 Å². The molecule has 1 aliphatic heterocycles. The Labute approximate surface area is 114 Å². The second kappa shape index (κ2) is 6.41. The molecule has 0 atom stereocenters. The summed E-state index contributed by atoms with van der Waals surface area (Å²) in [7, 11) is 0. The Balaban J connectivity index is 2.19. The van der Waals surface area contributed by atoms with Gasteiger partial charge in [0.15, 0.2) is 0 Å². The zero-order valence-corrected chi connectivity index (χ0v) is 11.6. The molecular weight excluding hydrogens is 239 g/mol. The van der Waals surface area contributed by atoms with E-state index in [-0.39, 0.29) is 11.9 Å². The lowest BCUT2D eigenvalue weighted by atomic mass is 10.2. The predicted molar refractivity (Wildman–Crippen MR) is 78.5 cm³/mol. The van der Waals surface area contributed by atoms with Gasteiger partial charge in [0, 0.05) is 11.7 Å². The highest BCUT2D eigenvalue weighted by Crippen LogP contribution is 2.22. The number of anilines is 1. The van der Waals surface area contributed by atoms with Crippen molar-refractivity contribution >= 4 is 5.69 Å². The van der Waals surface area contributed by atoms with Gasteiger partial charge in [-0.1, -0.05) is 24.3 Å². The molecule has 0 unspecified atom stereocenters. The number of nitrogens with zero attached hydrogens (tertiary/aromatic N) is 1. The second-order valence-electron chi connectivity index (χ2n) is 5.03. The number of rotatable bonds is 4. The average Bonchev–Trinajstić information content (AvgIpc) is 2.65. The summed E-state index contributed by atoms with van der Waals surface area (Å²) in [4.78, 5) is 2.08. The van der Waals surface area contributed by atoms with Crippen molar-refractivity contribution in [1.82, 2.24) is 5.32 Å². The lowest BCUT2D eigenvalue weighted by Gasteiger charge is -2.30. The van der Waals surface area contributed by atoms with E-state index in [1.807, 2.05) is 18.3 Å². The third-order valence-corrected chi connectivity index (χ3v) is 3.24. The molecule has 0 aliphatic carbocycles. The van der Waals surface area contributed by atoms with Gasteiger partial charge in [0.05, 0.1) is 12.2 Å². The fourth-order valence-electron chi connectivity index (χ4n) is 2.19. The predicted octanol–water partition coefficient (Wildman–Crippen LogP) is 3.82. The SMILES string of the molecule is CC(C)N(CC1=CCCC=CN1)c1ccccc1F. The molecule has 19 heavy (non-hydrogen) atoms. The monoisotopic (exact) mass is 260 g/mol. The average molecular weight is 260 g/mol. The number of hydrogen-bond donors (Lipinski definition) is 1. The molecule has 0 fully saturated rings. The number of benzene rings is 1. The molecule has 1 aromatic carbocycles. The molecule has 1 aromatic rings. The van der Waals surface area contributed by atoms with Gasteiger partial charge in [0.2, 0.25) is 0 Å². The summed E-state index contributed by atoms with van der Waals surface area (Å²) in [6, 6.07) is 7.19. The Kier molecular flexibility index (Phi) is 4.61. The molecule has 2 rings (SSSR count). The van der Waals surface area contributed by atoms with Crippen LogP contribution in [0.1, 0.15) is 26.7 Å². The molecule has 1 N–H and O–H groups in total. The van der Waals surface area contributed by atoms with Crippen LogP contribution in [-0.2, 0) is 0 Å². The smallest absolute Gasteiger partial charge is 0.146 e. The number of halogens is 1. The first-order valence-corrected chi connectivity index (χ1v) is 6.80. The molecule has 0 saturated heterocycles. The van der Waals surface area contributed by atoms with E-state index in [0.29, 0.717) is 12.2 Å². The maximum atomic E-state index is 13.9. The van der Waals surface area contributed by atoms with Crippen LogP contribution in [0.4, 0.5) is 10.1 Å². The van der Waals surface area contributed by atoms with Gasteiger partial charge in [0.25, 0.3) is 0 Å². The number of hydrogen-bond acceptors (Lipinski definition) is 2. The van der Waals surface area contributed by atoms with Crippen LogP contribution in [-0.4, -0.2) is 12.6 Å². The number of nitrogens with one attached hydrogen (secondary N) is 1. The first kappa shape index (κ1) is 13.7. The highest BCUT2D eigenvalue weighted by molar-refractivity contribution is 5.49.